The van der Waals surface area contributed by atoms with Crippen LogP contribution >= 0.6 is 0 Å². The molecule has 0 saturated heterocycles. The van der Waals surface area contributed by atoms with Gasteiger partial charge in [0.15, 0.2) is 0 Å². The highest BCUT2D eigenvalue weighted by molar-refractivity contribution is 5.28. The minimum Gasteiger partial charge on any atom is -0.507 e. The Morgan fingerprint density at radius 2 is 2.33 bits per heavy atom. The molecule has 0 atom stereocenters. The number of hydrogen-bond donors (Lipinski definition) is 2. The number of rotatable bonds is 3. The van der Waals surface area contributed by atoms with E-state index in [4.69, 9.17) is 0 Å². The molecule has 0 aliphatic heterocycles. The van der Waals surface area contributed by atoms with Crippen LogP contribution in [0.15, 0.2) is 17.1 Å². The predicted octanol–water partition coefficient (Wildman–Crippen LogP) is 1.42. The van der Waals surface area contributed by atoms with Crippen LogP contribution in [0.1, 0.15) is 25.3 Å². The van der Waals surface area contributed by atoms with E-state index in [1.807, 2.05) is 0 Å². The van der Waals surface area contributed by atoms with Crippen molar-refractivity contribution in [2.24, 2.45) is 0 Å². The maximum absolute atomic E-state index is 10.7. The molecule has 1 aromatic rings. The number of aromatic nitrogens is 1. The molecule has 0 aliphatic carbocycles. The quantitative estimate of drug-likeness (QED) is 0.715. The number of aryl methyl sites for hydroxylation is 1. The van der Waals surface area contributed by atoms with E-state index in [1.54, 1.807) is 6.20 Å². The summed E-state index contributed by atoms with van der Waals surface area (Å²) in [5, 5.41) is 9.30. The summed E-state index contributed by atoms with van der Waals surface area (Å²) in [6.45, 7) is 2.09. The van der Waals surface area contributed by atoms with Crippen molar-refractivity contribution in [3.8, 4) is 5.75 Å². The van der Waals surface area contributed by atoms with Crippen LogP contribution in [-0.4, -0.2) is 10.1 Å². The Labute approximate surface area is 71.1 Å². The highest BCUT2D eigenvalue weighted by Crippen LogP contribution is 2.14. The summed E-state index contributed by atoms with van der Waals surface area (Å²) in [5.41, 5.74) is 0.559. The molecule has 66 valence electrons. The first-order chi connectivity index (χ1) is 5.74. The van der Waals surface area contributed by atoms with Crippen LogP contribution in [0.3, 0.4) is 0 Å². The normalized spacial score (nSPS) is 10.1. The van der Waals surface area contributed by atoms with Crippen molar-refractivity contribution in [2.75, 3.05) is 0 Å². The third kappa shape index (κ3) is 2.12. The number of aromatic hydroxyl groups is 1. The lowest BCUT2D eigenvalue weighted by Crippen LogP contribution is -2.03. The topological polar surface area (TPSA) is 53.1 Å². The fourth-order valence-corrected chi connectivity index (χ4v) is 1.06. The second kappa shape index (κ2) is 3.95. The van der Waals surface area contributed by atoms with Gasteiger partial charge >= 0.3 is 0 Å². The Morgan fingerprint density at radius 1 is 1.58 bits per heavy atom. The summed E-state index contributed by atoms with van der Waals surface area (Å²) in [5.74, 6) is 0.104. The summed E-state index contributed by atoms with van der Waals surface area (Å²) < 4.78 is 0. The summed E-state index contributed by atoms with van der Waals surface area (Å²) in [6, 6.07) is 1.21. The van der Waals surface area contributed by atoms with Gasteiger partial charge in [-0.1, -0.05) is 13.3 Å². The van der Waals surface area contributed by atoms with E-state index < -0.39 is 0 Å². The molecule has 0 fully saturated rings. The molecule has 0 radical (unpaired) electrons. The average molecular weight is 167 g/mol. The first-order valence-electron chi connectivity index (χ1n) is 4.14. The smallest absolute Gasteiger partial charge is 0.251 e. The van der Waals surface area contributed by atoms with Crippen LogP contribution < -0.4 is 5.56 Å². The lowest BCUT2D eigenvalue weighted by molar-refractivity contribution is 0.465. The second-order valence-electron chi connectivity index (χ2n) is 2.81. The second-order valence-corrected chi connectivity index (χ2v) is 2.81. The van der Waals surface area contributed by atoms with E-state index >= 15 is 0 Å². The highest BCUT2D eigenvalue weighted by atomic mass is 16.3. The molecule has 1 rings (SSSR count). The van der Waals surface area contributed by atoms with Crippen LogP contribution in [0.5, 0.6) is 5.75 Å². The molecule has 0 bridgehead atoms. The first-order valence-corrected chi connectivity index (χ1v) is 4.14. The average Bonchev–Trinajstić information content (AvgIpc) is 2.03. The van der Waals surface area contributed by atoms with E-state index in [0.29, 0.717) is 0 Å². The zero-order chi connectivity index (χ0) is 8.97. The molecule has 0 aromatic carbocycles. The van der Waals surface area contributed by atoms with Gasteiger partial charge in [-0.25, -0.2) is 0 Å². The van der Waals surface area contributed by atoms with Crippen LogP contribution in [0.2, 0.25) is 0 Å². The molecule has 2 N–H and O–H groups in total. The molecule has 3 heteroatoms. The van der Waals surface area contributed by atoms with Gasteiger partial charge in [0.05, 0.1) is 0 Å². The van der Waals surface area contributed by atoms with Crippen LogP contribution in [0, 0.1) is 0 Å². The van der Waals surface area contributed by atoms with E-state index in [9.17, 15) is 9.90 Å². The molecule has 1 aromatic heterocycles. The zero-order valence-corrected chi connectivity index (χ0v) is 7.13. The predicted molar refractivity (Wildman–Crippen MR) is 47.3 cm³/mol. The zero-order valence-electron chi connectivity index (χ0n) is 7.13. The standard InChI is InChI=1S/C9H13NO2/c1-2-3-4-7-6-10-9(12)5-8(7)11/h5-6H,2-4H2,1H3,(H2,10,11,12). The number of nitrogens with one attached hydrogen (secondary N) is 1. The van der Waals surface area contributed by atoms with Gasteiger partial charge in [-0.2, -0.15) is 0 Å². The van der Waals surface area contributed by atoms with Gasteiger partial charge in [-0.15, -0.1) is 0 Å². The molecule has 12 heavy (non-hydrogen) atoms. The van der Waals surface area contributed by atoms with E-state index in [-0.39, 0.29) is 11.3 Å². The van der Waals surface area contributed by atoms with Gasteiger partial charge in [-0.05, 0) is 12.8 Å². The van der Waals surface area contributed by atoms with Gasteiger partial charge in [0, 0.05) is 17.8 Å². The van der Waals surface area contributed by atoms with Crippen LogP contribution in [0.4, 0.5) is 0 Å². The van der Waals surface area contributed by atoms with Crippen molar-refractivity contribution in [1.82, 2.24) is 4.98 Å². The lowest BCUT2D eigenvalue weighted by Gasteiger charge is -2.00. The van der Waals surface area contributed by atoms with Crippen molar-refractivity contribution >= 4 is 0 Å². The van der Waals surface area contributed by atoms with Crippen LogP contribution in [-0.2, 0) is 6.42 Å². The van der Waals surface area contributed by atoms with Gasteiger partial charge in [0.2, 0.25) is 0 Å². The Kier molecular flexibility index (Phi) is 2.91. The summed E-state index contributed by atoms with van der Waals surface area (Å²) in [6.07, 6.45) is 4.50. The monoisotopic (exact) mass is 167 g/mol. The molecule has 0 spiro atoms. The van der Waals surface area contributed by atoms with Crippen LogP contribution in [0.25, 0.3) is 0 Å². The molecule has 1 heterocycles. The SMILES string of the molecule is CCCCc1c[nH]c(=O)cc1O. The Hall–Kier alpha value is -1.25. The number of pyridine rings is 1. The number of H-pyrrole nitrogens is 1. The molecular formula is C9H13NO2. The van der Waals surface area contributed by atoms with Gasteiger partial charge < -0.3 is 10.1 Å². The summed E-state index contributed by atoms with van der Waals surface area (Å²) >= 11 is 0. The lowest BCUT2D eigenvalue weighted by atomic mass is 10.1. The van der Waals surface area contributed by atoms with E-state index in [0.717, 1.165) is 24.8 Å². The third-order valence-corrected chi connectivity index (χ3v) is 1.79. The molecule has 0 amide bonds. The fraction of sp³-hybridized carbons (Fsp3) is 0.444. The van der Waals surface area contributed by atoms with Crippen molar-refractivity contribution in [3.63, 3.8) is 0 Å². The Balaban J connectivity index is 2.79. The van der Waals surface area contributed by atoms with Crippen molar-refractivity contribution in [3.05, 3.63) is 28.2 Å². The minimum atomic E-state index is -0.257. The number of aromatic amines is 1. The Bertz CT molecular complexity index is 304. The highest BCUT2D eigenvalue weighted by Gasteiger charge is 1.99. The fourth-order valence-electron chi connectivity index (χ4n) is 1.06. The maximum atomic E-state index is 10.7. The van der Waals surface area contributed by atoms with Gasteiger partial charge in [0.1, 0.15) is 5.75 Å². The molecule has 0 saturated carbocycles. The molecule has 3 nitrogen and oxygen atoms in total. The van der Waals surface area contributed by atoms with Crippen molar-refractivity contribution in [1.29, 1.82) is 0 Å². The van der Waals surface area contributed by atoms with Crippen molar-refractivity contribution in [2.45, 2.75) is 26.2 Å². The summed E-state index contributed by atoms with van der Waals surface area (Å²) in [7, 11) is 0. The largest absolute Gasteiger partial charge is 0.507 e. The molecule has 0 unspecified atom stereocenters. The third-order valence-electron chi connectivity index (χ3n) is 1.79. The number of hydrogen-bond acceptors (Lipinski definition) is 2. The molecular weight excluding hydrogens is 154 g/mol. The summed E-state index contributed by atoms with van der Waals surface area (Å²) in [4.78, 5) is 13.2. The van der Waals surface area contributed by atoms with E-state index in [2.05, 4.69) is 11.9 Å². The number of unbranched alkanes of at least 4 members (excludes halogenated alkanes) is 1. The first kappa shape index (κ1) is 8.84. The minimum absolute atomic E-state index is 0.104. The van der Waals surface area contributed by atoms with E-state index in [1.165, 1.54) is 6.07 Å². The van der Waals surface area contributed by atoms with Crippen molar-refractivity contribution < 1.29 is 5.11 Å². The maximum Gasteiger partial charge on any atom is 0.251 e. The molecule has 0 aliphatic rings. The Morgan fingerprint density at radius 3 is 2.92 bits per heavy atom. The van der Waals surface area contributed by atoms with Gasteiger partial charge in [-0.3, -0.25) is 4.79 Å². The van der Waals surface area contributed by atoms with Gasteiger partial charge in [0.25, 0.3) is 5.56 Å².